The molecule has 0 amide bonds. The van der Waals surface area contributed by atoms with Gasteiger partial charge in [-0.05, 0) is 48.5 Å². The van der Waals surface area contributed by atoms with E-state index in [1.807, 2.05) is 12.1 Å². The lowest BCUT2D eigenvalue weighted by Gasteiger charge is -2.29. The van der Waals surface area contributed by atoms with Crippen LogP contribution in [0.3, 0.4) is 0 Å². The predicted octanol–water partition coefficient (Wildman–Crippen LogP) is 6.87. The van der Waals surface area contributed by atoms with Crippen molar-refractivity contribution in [3.63, 3.8) is 0 Å². The highest BCUT2D eigenvalue weighted by Crippen LogP contribution is 2.63. The van der Waals surface area contributed by atoms with Crippen LogP contribution in [0.15, 0.2) is 121 Å². The van der Waals surface area contributed by atoms with E-state index in [2.05, 4.69) is 116 Å². The number of nitrogens with zero attached hydrogens (tertiary/aromatic N) is 1. The fourth-order valence-electron chi connectivity index (χ4n) is 4.54. The van der Waals surface area contributed by atoms with Gasteiger partial charge in [0.1, 0.15) is 10.6 Å². The molecule has 0 aliphatic heterocycles. The topological polar surface area (TPSA) is 3.24 Å². The van der Waals surface area contributed by atoms with Crippen LogP contribution >= 0.6 is 38.2 Å². The molecular weight excluding hydrogens is 483 g/mol. The highest BCUT2D eigenvalue weighted by atomic mass is 35.5. The molecule has 0 aliphatic carbocycles. The van der Waals surface area contributed by atoms with Crippen LogP contribution in [-0.2, 0) is 0 Å². The first-order valence-corrected chi connectivity index (χ1v) is 16.2. The molecule has 0 N–H and O–H groups in total. The van der Waals surface area contributed by atoms with Gasteiger partial charge in [-0.15, -0.1) is 0 Å². The molecule has 0 saturated carbocycles. The van der Waals surface area contributed by atoms with Gasteiger partial charge in [-0.2, -0.15) is 0 Å². The molecule has 0 aromatic heterocycles. The first-order chi connectivity index (χ1) is 16.1. The van der Waals surface area contributed by atoms with Crippen molar-refractivity contribution in [3.8, 4) is 0 Å². The van der Waals surface area contributed by atoms with Gasteiger partial charge in [0, 0.05) is 33.7 Å². The fraction of sp³-hybridized carbons (Fsp3) is 0.143. The zero-order valence-electron chi connectivity index (χ0n) is 18.8. The predicted molar refractivity (Wildman–Crippen MR) is 152 cm³/mol. The summed E-state index contributed by atoms with van der Waals surface area (Å²) in [5.74, 6) is 0. The minimum atomic E-state index is -2.16. The minimum Gasteiger partial charge on any atom is -0.0620 e. The Morgan fingerprint density at radius 2 is 0.848 bits per heavy atom. The summed E-state index contributed by atoms with van der Waals surface area (Å²) in [5, 5.41) is 5.29. The van der Waals surface area contributed by atoms with Crippen LogP contribution in [0.4, 0.5) is 0 Å². The van der Waals surface area contributed by atoms with E-state index in [0.29, 0.717) is 0 Å². The molecule has 4 aromatic carbocycles. The molecule has 33 heavy (non-hydrogen) atoms. The molecular formula is C28H29Cl2NP2+2. The van der Waals surface area contributed by atoms with Gasteiger partial charge in [-0.25, -0.2) is 0 Å². The van der Waals surface area contributed by atoms with Gasteiger partial charge in [-0.1, -0.05) is 72.8 Å². The smallest absolute Gasteiger partial charge is 0.0620 e. The molecule has 4 aromatic rings. The zero-order chi connectivity index (χ0) is 23.2. The van der Waals surface area contributed by atoms with Crippen LogP contribution in [0.5, 0.6) is 0 Å². The summed E-state index contributed by atoms with van der Waals surface area (Å²) < 4.78 is 1.47. The van der Waals surface area contributed by atoms with E-state index < -0.39 is 14.7 Å². The number of rotatable bonds is 9. The molecule has 0 bridgehead atoms. The van der Waals surface area contributed by atoms with E-state index >= 15 is 0 Å². The monoisotopic (exact) mass is 511 g/mol. The molecule has 1 nitrogen and oxygen atoms in total. The second kappa shape index (κ2) is 11.1. The summed E-state index contributed by atoms with van der Waals surface area (Å²) in [5.41, 5.74) is 0. The summed E-state index contributed by atoms with van der Waals surface area (Å²) in [4.78, 5) is 0. The normalized spacial score (nSPS) is 12.1. The van der Waals surface area contributed by atoms with Crippen LogP contribution in [0.25, 0.3) is 0 Å². The molecule has 0 saturated heterocycles. The molecule has 0 radical (unpaired) electrons. The van der Waals surface area contributed by atoms with Crippen molar-refractivity contribution in [1.82, 2.24) is 3.71 Å². The maximum absolute atomic E-state index is 6.71. The molecule has 0 aliphatic rings. The average molecular weight is 512 g/mol. The van der Waals surface area contributed by atoms with Gasteiger partial charge < -0.3 is 0 Å². The Hall–Kier alpha value is -1.72. The number of hydrogen-bond donors (Lipinski definition) is 0. The van der Waals surface area contributed by atoms with E-state index in [4.69, 9.17) is 23.6 Å². The summed E-state index contributed by atoms with van der Waals surface area (Å²) in [7, 11) is -3.72. The molecule has 0 heterocycles. The maximum Gasteiger partial charge on any atom is 0.184 e. The van der Waals surface area contributed by atoms with Crippen molar-refractivity contribution in [2.45, 2.75) is 6.42 Å². The first kappa shape index (κ1) is 24.4. The Balaban J connectivity index is 1.70. The Kier molecular flexibility index (Phi) is 8.24. The SMILES string of the molecule is C[P+](CCC[P+](c1ccccc1)(c1ccccc1)N(Cl)Cl)(c1ccccc1)c1ccccc1. The molecule has 0 fully saturated rings. The van der Waals surface area contributed by atoms with Crippen LogP contribution in [0, 0.1) is 0 Å². The largest absolute Gasteiger partial charge is 0.184 e. The Labute approximate surface area is 209 Å². The third kappa shape index (κ3) is 5.19. The van der Waals surface area contributed by atoms with E-state index in [1.54, 1.807) is 0 Å². The maximum atomic E-state index is 6.71. The average Bonchev–Trinajstić information content (AvgIpc) is 2.88. The summed E-state index contributed by atoms with van der Waals surface area (Å²) >= 11 is 13.4. The third-order valence-corrected chi connectivity index (χ3v) is 15.8. The highest BCUT2D eigenvalue weighted by Gasteiger charge is 2.50. The van der Waals surface area contributed by atoms with Gasteiger partial charge in [0.25, 0.3) is 0 Å². The fourth-order valence-corrected chi connectivity index (χ4v) is 12.8. The zero-order valence-corrected chi connectivity index (χ0v) is 22.1. The van der Waals surface area contributed by atoms with Crippen molar-refractivity contribution >= 4 is 59.4 Å². The second-order valence-electron chi connectivity index (χ2n) is 8.32. The Morgan fingerprint density at radius 3 is 1.18 bits per heavy atom. The molecule has 168 valence electrons. The van der Waals surface area contributed by atoms with Crippen LogP contribution in [0.2, 0.25) is 0 Å². The van der Waals surface area contributed by atoms with Crippen molar-refractivity contribution in [2.75, 3.05) is 19.0 Å². The standard InChI is InChI=1S/C28H29Cl2NP2/c1-32(25-15-6-2-7-16-25,26-17-8-3-9-18-26)23-14-24-33(31(29)30,27-19-10-4-11-20-27)28-21-12-5-13-22-28/h2-13,15-22H,14,23-24H2,1H3/q+2. The van der Waals surface area contributed by atoms with E-state index in [-0.39, 0.29) is 0 Å². The van der Waals surface area contributed by atoms with E-state index in [0.717, 1.165) is 18.7 Å². The number of benzene rings is 4. The second-order valence-corrected chi connectivity index (χ2v) is 16.9. The molecule has 4 rings (SSSR count). The summed E-state index contributed by atoms with van der Waals surface area (Å²) in [6.07, 6.45) is 3.05. The van der Waals surface area contributed by atoms with Crippen molar-refractivity contribution < 1.29 is 0 Å². The molecule has 0 atom stereocenters. The summed E-state index contributed by atoms with van der Waals surface area (Å²) in [6.45, 7) is 2.46. The van der Waals surface area contributed by atoms with Gasteiger partial charge >= 0.3 is 0 Å². The van der Waals surface area contributed by atoms with Gasteiger partial charge in [0.15, 0.2) is 7.41 Å². The van der Waals surface area contributed by atoms with Crippen LogP contribution < -0.4 is 21.2 Å². The number of hydrogen-bond acceptors (Lipinski definition) is 1. The summed E-state index contributed by atoms with van der Waals surface area (Å²) in [6, 6.07) is 43.0. The van der Waals surface area contributed by atoms with Crippen LogP contribution in [-0.4, -0.2) is 22.7 Å². The lowest BCUT2D eigenvalue weighted by atomic mass is 10.4. The highest BCUT2D eigenvalue weighted by molar-refractivity contribution is 7.90. The van der Waals surface area contributed by atoms with Gasteiger partial charge in [0.05, 0.1) is 36.9 Å². The van der Waals surface area contributed by atoms with Crippen molar-refractivity contribution in [1.29, 1.82) is 0 Å². The number of halogens is 2. The van der Waals surface area contributed by atoms with Crippen molar-refractivity contribution in [3.05, 3.63) is 121 Å². The quantitative estimate of drug-likeness (QED) is 0.175. The molecule has 5 heteroatoms. The lowest BCUT2D eigenvalue weighted by Crippen LogP contribution is -2.32. The van der Waals surface area contributed by atoms with Crippen LogP contribution in [0.1, 0.15) is 6.42 Å². The van der Waals surface area contributed by atoms with E-state index in [1.165, 1.54) is 24.9 Å². The van der Waals surface area contributed by atoms with Gasteiger partial charge in [0.2, 0.25) is 0 Å². The molecule has 0 unspecified atom stereocenters. The van der Waals surface area contributed by atoms with Crippen molar-refractivity contribution in [2.24, 2.45) is 0 Å². The third-order valence-electron chi connectivity index (χ3n) is 6.36. The van der Waals surface area contributed by atoms with E-state index in [9.17, 15) is 0 Å². The Morgan fingerprint density at radius 1 is 0.515 bits per heavy atom. The molecule has 0 spiro atoms. The first-order valence-electron chi connectivity index (χ1n) is 11.2. The van der Waals surface area contributed by atoms with Gasteiger partial charge in [-0.3, -0.25) is 0 Å². The Bertz CT molecular complexity index is 1040. The lowest BCUT2D eigenvalue weighted by molar-refractivity contribution is 1.05. The minimum absolute atomic E-state index is 0.920.